The molecule has 0 aliphatic heterocycles. The molecular weight excluding hydrogens is 388 g/mol. The molecule has 0 aromatic rings. The molecule has 8 nitrogen and oxygen atoms in total. The van der Waals surface area contributed by atoms with Crippen LogP contribution in [0.2, 0.25) is 0 Å². The number of aliphatic imine (C=N–C) groups is 2. The lowest BCUT2D eigenvalue weighted by atomic mass is 10.2. The van der Waals surface area contributed by atoms with E-state index in [2.05, 4.69) is 90.9 Å². The van der Waals surface area contributed by atoms with Crippen LogP contribution < -0.4 is 10.7 Å². The standard InChI is InChI=1S/2C11H22N4.CH4/c1-8(2)13-11(14-12-7)15(9(3)4)10(5)6;1-8(2)14-11(13-7-12)15(9(3)4)10(5)6;/h2*8-10H,1-6H3,(H,13,14);1H4. The first kappa shape index (κ1) is 33.2. The largest absolute Gasteiger partial charge is 0.337 e. The number of guanidine groups is 2. The van der Waals surface area contributed by atoms with Crippen molar-refractivity contribution in [1.29, 1.82) is 5.26 Å². The van der Waals surface area contributed by atoms with Crippen molar-refractivity contribution in [1.82, 2.24) is 20.5 Å². The molecule has 0 unspecified atom stereocenters. The Bertz CT molecular complexity index is 534. The number of nitriles is 1. The molecule has 8 heteroatoms. The Balaban J connectivity index is -0.000000490. The van der Waals surface area contributed by atoms with E-state index in [1.165, 1.54) is 0 Å². The SMILES string of the molecule is C.CC(C)N=C(NC#N)N(C(C)C)C(C)C.[C-]#[N+]NC(=NC(C)C)N(C(C)C)C(C)C. The van der Waals surface area contributed by atoms with Gasteiger partial charge in [-0.1, -0.05) is 12.9 Å². The monoisotopic (exact) mass is 436 g/mol. The third-order valence-electron chi connectivity index (χ3n) is 3.80. The van der Waals surface area contributed by atoms with Crippen molar-refractivity contribution < 1.29 is 0 Å². The van der Waals surface area contributed by atoms with Crippen LogP contribution in [0.4, 0.5) is 0 Å². The van der Waals surface area contributed by atoms with Crippen molar-refractivity contribution in [3.8, 4) is 6.19 Å². The minimum atomic E-state index is 0. The van der Waals surface area contributed by atoms with Crippen LogP contribution >= 0.6 is 0 Å². The van der Waals surface area contributed by atoms with Crippen molar-refractivity contribution in [2.75, 3.05) is 0 Å². The van der Waals surface area contributed by atoms with Crippen molar-refractivity contribution >= 4 is 11.9 Å². The summed E-state index contributed by atoms with van der Waals surface area (Å²) in [6, 6.07) is 1.68. The van der Waals surface area contributed by atoms with Crippen LogP contribution in [0.5, 0.6) is 0 Å². The predicted molar refractivity (Wildman–Crippen MR) is 135 cm³/mol. The number of rotatable bonds is 6. The fourth-order valence-corrected chi connectivity index (χ4v) is 3.08. The van der Waals surface area contributed by atoms with Gasteiger partial charge in [0.05, 0.1) is 0 Å². The fraction of sp³-hybridized carbons (Fsp3) is 0.826. The van der Waals surface area contributed by atoms with E-state index < -0.39 is 0 Å². The molecule has 0 rings (SSSR count). The molecule has 0 radical (unpaired) electrons. The Morgan fingerprint density at radius 2 is 1.06 bits per heavy atom. The summed E-state index contributed by atoms with van der Waals surface area (Å²) < 4.78 is 0. The second kappa shape index (κ2) is 17.2. The first-order chi connectivity index (χ1) is 13.8. The van der Waals surface area contributed by atoms with Crippen LogP contribution in [0.15, 0.2) is 9.98 Å². The lowest BCUT2D eigenvalue weighted by Gasteiger charge is -2.33. The number of hydrogen-bond acceptors (Lipinski definition) is 3. The van der Waals surface area contributed by atoms with Crippen LogP contribution in [-0.2, 0) is 0 Å². The smallest absolute Gasteiger partial charge is 0.265 e. The zero-order valence-electron chi connectivity index (χ0n) is 21.1. The Morgan fingerprint density at radius 3 is 1.32 bits per heavy atom. The highest BCUT2D eigenvalue weighted by atomic mass is 15.4. The molecule has 0 spiro atoms. The molecule has 0 amide bonds. The second-order valence-electron chi connectivity index (χ2n) is 8.74. The molecule has 0 aliphatic rings. The van der Waals surface area contributed by atoms with Crippen molar-refractivity contribution in [2.24, 2.45) is 9.98 Å². The zero-order valence-corrected chi connectivity index (χ0v) is 21.1. The average molecular weight is 437 g/mol. The van der Waals surface area contributed by atoms with Crippen LogP contribution in [0.3, 0.4) is 0 Å². The van der Waals surface area contributed by atoms with E-state index in [0.717, 1.165) is 0 Å². The summed E-state index contributed by atoms with van der Waals surface area (Å²) in [5.74, 6) is 1.34. The molecule has 31 heavy (non-hydrogen) atoms. The number of hydrogen-bond donors (Lipinski definition) is 2. The van der Waals surface area contributed by atoms with Gasteiger partial charge in [0.1, 0.15) is 0 Å². The highest BCUT2D eigenvalue weighted by Crippen LogP contribution is 2.07. The van der Waals surface area contributed by atoms with E-state index in [1.807, 2.05) is 33.9 Å². The lowest BCUT2D eigenvalue weighted by Crippen LogP contribution is -2.48. The molecule has 0 atom stereocenters. The summed E-state index contributed by atoms with van der Waals surface area (Å²) >= 11 is 0. The van der Waals surface area contributed by atoms with Gasteiger partial charge in [0, 0.05) is 36.3 Å². The highest BCUT2D eigenvalue weighted by Gasteiger charge is 2.20. The summed E-state index contributed by atoms with van der Waals surface area (Å²) in [7, 11) is 0. The number of nitrogens with one attached hydrogen (secondary N) is 2. The topological polar surface area (TPSA) is 83.4 Å². The lowest BCUT2D eigenvalue weighted by molar-refractivity contribution is 0.283. The van der Waals surface area contributed by atoms with E-state index in [9.17, 15) is 0 Å². The Kier molecular flexibility index (Phi) is 18.4. The predicted octanol–water partition coefficient (Wildman–Crippen LogP) is 4.87. The molecular formula is C23H48N8. The number of nitrogens with zero attached hydrogens (tertiary/aromatic N) is 6. The van der Waals surface area contributed by atoms with Crippen LogP contribution in [-0.4, -0.2) is 58.0 Å². The van der Waals surface area contributed by atoms with E-state index in [-0.39, 0.29) is 19.5 Å². The van der Waals surface area contributed by atoms with E-state index >= 15 is 0 Å². The van der Waals surface area contributed by atoms with Crippen molar-refractivity contribution in [3.63, 3.8) is 0 Å². The second-order valence-corrected chi connectivity index (χ2v) is 8.74. The third kappa shape index (κ3) is 14.2. The van der Waals surface area contributed by atoms with Gasteiger partial charge in [-0.15, -0.1) is 0 Å². The van der Waals surface area contributed by atoms with Gasteiger partial charge >= 0.3 is 0 Å². The summed E-state index contributed by atoms with van der Waals surface area (Å²) in [4.78, 5) is 16.3. The van der Waals surface area contributed by atoms with Gasteiger partial charge in [-0.25, -0.2) is 9.98 Å². The first-order valence-electron chi connectivity index (χ1n) is 10.8. The van der Waals surface area contributed by atoms with Crippen LogP contribution in [0, 0.1) is 18.0 Å². The van der Waals surface area contributed by atoms with E-state index in [4.69, 9.17) is 11.8 Å². The molecule has 0 aromatic carbocycles. The van der Waals surface area contributed by atoms with Crippen LogP contribution in [0.1, 0.15) is 90.5 Å². The molecule has 0 fully saturated rings. The normalized spacial score (nSPS) is 11.7. The Labute approximate surface area is 192 Å². The van der Waals surface area contributed by atoms with Crippen molar-refractivity contribution in [3.05, 3.63) is 11.5 Å². The third-order valence-corrected chi connectivity index (χ3v) is 3.80. The van der Waals surface area contributed by atoms with Gasteiger partial charge in [0.15, 0.2) is 6.19 Å². The average Bonchev–Trinajstić information content (AvgIpc) is 2.53. The highest BCUT2D eigenvalue weighted by molar-refractivity contribution is 5.82. The van der Waals surface area contributed by atoms with Gasteiger partial charge in [0.25, 0.3) is 5.96 Å². The molecule has 0 heterocycles. The quantitative estimate of drug-likeness (QED) is 0.155. The van der Waals surface area contributed by atoms with Gasteiger partial charge in [-0.2, -0.15) is 16.8 Å². The Morgan fingerprint density at radius 1 is 0.742 bits per heavy atom. The minimum absolute atomic E-state index is 0. The van der Waals surface area contributed by atoms with Gasteiger partial charge in [-0.05, 0) is 83.1 Å². The molecule has 0 aromatic heterocycles. The van der Waals surface area contributed by atoms with Gasteiger partial charge in [-0.3, -0.25) is 5.32 Å². The fourth-order valence-electron chi connectivity index (χ4n) is 3.08. The zero-order chi connectivity index (χ0) is 24.0. The van der Waals surface area contributed by atoms with Crippen molar-refractivity contribution in [2.45, 2.75) is 127 Å². The maximum atomic E-state index is 8.69. The maximum absolute atomic E-state index is 8.69. The summed E-state index contributed by atoms with van der Waals surface area (Å²) in [6.07, 6.45) is 1.94. The molecule has 0 aliphatic carbocycles. The van der Waals surface area contributed by atoms with Crippen LogP contribution in [0.25, 0.3) is 4.95 Å². The summed E-state index contributed by atoms with van der Waals surface area (Å²) in [5, 5.41) is 11.4. The van der Waals surface area contributed by atoms with E-state index in [1.54, 1.807) is 0 Å². The molecule has 2 N–H and O–H groups in total. The summed E-state index contributed by atoms with van der Waals surface area (Å²) in [6.45, 7) is 31.6. The maximum Gasteiger partial charge on any atom is 0.265 e. The van der Waals surface area contributed by atoms with Gasteiger partial charge in [0.2, 0.25) is 5.96 Å². The Hall–Kier alpha value is -2.48. The molecule has 0 saturated heterocycles. The van der Waals surface area contributed by atoms with Gasteiger partial charge < -0.3 is 9.80 Å². The first-order valence-corrected chi connectivity index (χ1v) is 10.8. The summed E-state index contributed by atoms with van der Waals surface area (Å²) in [5.41, 5.74) is 2.64. The minimum Gasteiger partial charge on any atom is -0.337 e. The molecule has 180 valence electrons. The molecule has 0 saturated carbocycles. The van der Waals surface area contributed by atoms with E-state index in [0.29, 0.717) is 36.1 Å². The molecule has 0 bridgehead atoms.